The molecular formula is C19H23N5O5. The summed E-state index contributed by atoms with van der Waals surface area (Å²) in [4.78, 5) is 13.0. The lowest BCUT2D eigenvalue weighted by Crippen LogP contribution is -2.24. The minimum atomic E-state index is -0.730. The van der Waals surface area contributed by atoms with Gasteiger partial charge >= 0.3 is 0 Å². The van der Waals surface area contributed by atoms with Crippen molar-refractivity contribution in [2.75, 3.05) is 26.1 Å². The number of nitrogens with zero attached hydrogens (tertiary/aromatic N) is 4. The summed E-state index contributed by atoms with van der Waals surface area (Å²) in [6, 6.07) is 5.68. The van der Waals surface area contributed by atoms with Crippen LogP contribution in [0.2, 0.25) is 0 Å². The zero-order valence-corrected chi connectivity index (χ0v) is 16.1. The Kier molecular flexibility index (Phi) is 5.47. The van der Waals surface area contributed by atoms with E-state index in [2.05, 4.69) is 20.3 Å². The van der Waals surface area contributed by atoms with E-state index < -0.39 is 18.4 Å². The van der Waals surface area contributed by atoms with Gasteiger partial charge in [-0.3, -0.25) is 4.57 Å². The first-order chi connectivity index (χ1) is 14.1. The van der Waals surface area contributed by atoms with Crippen molar-refractivity contribution in [3.05, 3.63) is 36.4 Å². The Morgan fingerprint density at radius 1 is 1.21 bits per heavy atom. The Morgan fingerprint density at radius 3 is 2.76 bits per heavy atom. The molecule has 1 saturated heterocycles. The van der Waals surface area contributed by atoms with Crippen LogP contribution in [0.4, 0.5) is 5.82 Å². The van der Waals surface area contributed by atoms with E-state index in [0.29, 0.717) is 41.4 Å². The molecule has 0 amide bonds. The van der Waals surface area contributed by atoms with Crippen LogP contribution in [0.5, 0.6) is 11.5 Å². The van der Waals surface area contributed by atoms with Crippen LogP contribution in [0.3, 0.4) is 0 Å². The van der Waals surface area contributed by atoms with Crippen LogP contribution < -0.4 is 14.8 Å². The highest BCUT2D eigenvalue weighted by atomic mass is 16.5. The number of methoxy groups -OCH3 is 2. The highest BCUT2D eigenvalue weighted by molar-refractivity contribution is 5.82. The fourth-order valence-corrected chi connectivity index (χ4v) is 3.42. The van der Waals surface area contributed by atoms with Gasteiger partial charge in [-0.15, -0.1) is 0 Å². The van der Waals surface area contributed by atoms with Gasteiger partial charge in [-0.1, -0.05) is 6.07 Å². The number of aromatic nitrogens is 4. The number of rotatable bonds is 7. The number of imidazole rings is 1. The Morgan fingerprint density at radius 2 is 2.03 bits per heavy atom. The molecule has 3 atom stereocenters. The van der Waals surface area contributed by atoms with Gasteiger partial charge in [-0.2, -0.15) is 0 Å². The molecule has 1 aliphatic heterocycles. The Labute approximate surface area is 167 Å². The molecule has 2 aromatic heterocycles. The average Bonchev–Trinajstić information content (AvgIpc) is 3.35. The van der Waals surface area contributed by atoms with E-state index in [-0.39, 0.29) is 6.61 Å². The first-order valence-electron chi connectivity index (χ1n) is 9.21. The van der Waals surface area contributed by atoms with E-state index in [4.69, 9.17) is 14.2 Å². The fourth-order valence-electron chi connectivity index (χ4n) is 3.42. The first kappa shape index (κ1) is 19.4. The van der Waals surface area contributed by atoms with Crippen molar-refractivity contribution in [2.45, 2.75) is 31.4 Å². The maximum absolute atomic E-state index is 9.99. The number of ether oxygens (including phenoxy) is 3. The molecule has 4 rings (SSSR count). The van der Waals surface area contributed by atoms with Crippen molar-refractivity contribution in [3.63, 3.8) is 0 Å². The molecule has 0 aliphatic carbocycles. The molecule has 10 nitrogen and oxygen atoms in total. The molecule has 3 N–H and O–H groups in total. The predicted molar refractivity (Wildman–Crippen MR) is 104 cm³/mol. The molecule has 1 fully saturated rings. The van der Waals surface area contributed by atoms with Crippen LogP contribution >= 0.6 is 0 Å². The van der Waals surface area contributed by atoms with Crippen molar-refractivity contribution in [2.24, 2.45) is 0 Å². The second-order valence-electron chi connectivity index (χ2n) is 6.70. The highest BCUT2D eigenvalue weighted by Crippen LogP contribution is 2.32. The van der Waals surface area contributed by atoms with E-state index in [0.717, 1.165) is 5.56 Å². The third kappa shape index (κ3) is 3.69. The molecule has 0 bridgehead atoms. The number of hydrogen-bond donors (Lipinski definition) is 3. The first-order valence-corrected chi connectivity index (χ1v) is 9.21. The minimum Gasteiger partial charge on any atom is -0.493 e. The van der Waals surface area contributed by atoms with Crippen LogP contribution in [0.15, 0.2) is 30.9 Å². The van der Waals surface area contributed by atoms with E-state index in [1.54, 1.807) is 25.1 Å². The summed E-state index contributed by atoms with van der Waals surface area (Å²) in [7, 11) is 3.19. The van der Waals surface area contributed by atoms with Gasteiger partial charge in [0.25, 0.3) is 0 Å². The van der Waals surface area contributed by atoms with Gasteiger partial charge in [-0.25, -0.2) is 15.0 Å². The average molecular weight is 401 g/mol. The van der Waals surface area contributed by atoms with Gasteiger partial charge in [0, 0.05) is 13.0 Å². The maximum Gasteiger partial charge on any atom is 0.167 e. The number of aliphatic hydroxyl groups is 2. The summed E-state index contributed by atoms with van der Waals surface area (Å²) in [5.74, 6) is 1.90. The minimum absolute atomic E-state index is 0.239. The zero-order chi connectivity index (χ0) is 20.4. The summed E-state index contributed by atoms with van der Waals surface area (Å²) < 4.78 is 18.1. The second-order valence-corrected chi connectivity index (χ2v) is 6.70. The normalized spacial score (nSPS) is 21.4. The lowest BCUT2D eigenvalue weighted by molar-refractivity contribution is -0.0432. The number of nitrogens with one attached hydrogen (secondary N) is 1. The number of fused-ring (bicyclic) bond motifs is 1. The summed E-state index contributed by atoms with van der Waals surface area (Å²) in [6.45, 7) is 0.266. The summed E-state index contributed by atoms with van der Waals surface area (Å²) in [5.41, 5.74) is 2.17. The van der Waals surface area contributed by atoms with E-state index in [9.17, 15) is 10.2 Å². The fraction of sp³-hybridized carbons (Fsp3) is 0.421. The van der Waals surface area contributed by atoms with Gasteiger partial charge in [0.15, 0.2) is 28.5 Å². The van der Waals surface area contributed by atoms with E-state index in [1.165, 1.54) is 6.33 Å². The SMILES string of the molecule is COc1ccc(CNc2ncnc3c2ncn3C2C[C@H](O)[C@@H](CO)O2)cc1OC. The topological polar surface area (TPSA) is 124 Å². The summed E-state index contributed by atoms with van der Waals surface area (Å²) in [6.07, 6.45) is 1.63. The molecule has 3 aromatic rings. The van der Waals surface area contributed by atoms with Crippen molar-refractivity contribution in [3.8, 4) is 11.5 Å². The molecule has 10 heteroatoms. The number of hydrogen-bond acceptors (Lipinski definition) is 9. The van der Waals surface area contributed by atoms with Crippen LogP contribution in [-0.2, 0) is 11.3 Å². The molecule has 3 heterocycles. The lowest BCUT2D eigenvalue weighted by Gasteiger charge is -2.14. The van der Waals surface area contributed by atoms with Gasteiger partial charge in [0.1, 0.15) is 18.7 Å². The highest BCUT2D eigenvalue weighted by Gasteiger charge is 2.35. The molecular weight excluding hydrogens is 378 g/mol. The monoisotopic (exact) mass is 401 g/mol. The van der Waals surface area contributed by atoms with E-state index in [1.807, 2.05) is 18.2 Å². The van der Waals surface area contributed by atoms with Crippen molar-refractivity contribution >= 4 is 17.0 Å². The number of benzene rings is 1. The maximum atomic E-state index is 9.99. The summed E-state index contributed by atoms with van der Waals surface area (Å²) in [5, 5.41) is 22.6. The van der Waals surface area contributed by atoms with Crippen LogP contribution in [0.25, 0.3) is 11.2 Å². The molecule has 154 valence electrons. The second kappa shape index (κ2) is 8.19. The van der Waals surface area contributed by atoms with Crippen molar-refractivity contribution in [1.29, 1.82) is 0 Å². The van der Waals surface area contributed by atoms with Crippen LogP contribution in [-0.4, -0.2) is 62.8 Å². The van der Waals surface area contributed by atoms with E-state index >= 15 is 0 Å². The number of anilines is 1. The standard InChI is InChI=1S/C19H23N5O5/c1-27-13-4-3-11(5-14(13)28-2)7-20-18-17-19(22-9-21-18)24(10-23-17)16-6-12(26)15(8-25)29-16/h3-5,9-10,12,15-16,25-26H,6-8H2,1-2H3,(H,20,21,22)/t12-,15+,16?/m0/s1. The van der Waals surface area contributed by atoms with Crippen molar-refractivity contribution < 1.29 is 24.4 Å². The lowest BCUT2D eigenvalue weighted by atomic mass is 10.2. The molecule has 1 aliphatic rings. The Hall–Kier alpha value is -2.95. The quantitative estimate of drug-likeness (QED) is 0.534. The molecule has 1 unspecified atom stereocenters. The van der Waals surface area contributed by atoms with Gasteiger partial charge in [-0.05, 0) is 17.7 Å². The molecule has 0 saturated carbocycles. The van der Waals surface area contributed by atoms with Gasteiger partial charge in [0.2, 0.25) is 0 Å². The predicted octanol–water partition coefficient (Wildman–Crippen LogP) is 1.10. The Bertz CT molecular complexity index is 994. The summed E-state index contributed by atoms with van der Waals surface area (Å²) >= 11 is 0. The number of aliphatic hydroxyl groups excluding tert-OH is 2. The third-order valence-electron chi connectivity index (χ3n) is 4.96. The molecule has 0 radical (unpaired) electrons. The van der Waals surface area contributed by atoms with Gasteiger partial charge in [0.05, 0.1) is 33.3 Å². The smallest absolute Gasteiger partial charge is 0.167 e. The van der Waals surface area contributed by atoms with Crippen LogP contribution in [0, 0.1) is 0 Å². The molecule has 29 heavy (non-hydrogen) atoms. The zero-order valence-electron chi connectivity index (χ0n) is 16.1. The Balaban J connectivity index is 1.54. The van der Waals surface area contributed by atoms with Crippen LogP contribution in [0.1, 0.15) is 18.2 Å². The molecule has 0 spiro atoms. The largest absolute Gasteiger partial charge is 0.493 e. The molecule has 1 aromatic carbocycles. The van der Waals surface area contributed by atoms with Gasteiger partial charge < -0.3 is 29.7 Å². The van der Waals surface area contributed by atoms with Crippen molar-refractivity contribution in [1.82, 2.24) is 19.5 Å². The third-order valence-corrected chi connectivity index (χ3v) is 4.96.